The zero-order chi connectivity index (χ0) is 17.7. The molecule has 0 fully saturated rings. The van der Waals surface area contributed by atoms with Gasteiger partial charge in [0, 0.05) is 18.0 Å². The van der Waals surface area contributed by atoms with Gasteiger partial charge in [0.25, 0.3) is 0 Å². The Bertz CT molecular complexity index is 568. The van der Waals surface area contributed by atoms with Gasteiger partial charge in [0.05, 0.1) is 12.3 Å². The number of rotatable bonds is 5. The van der Waals surface area contributed by atoms with Crippen molar-refractivity contribution in [3.8, 4) is 0 Å². The van der Waals surface area contributed by atoms with Crippen LogP contribution in [0.15, 0.2) is 34.6 Å². The van der Waals surface area contributed by atoms with Gasteiger partial charge in [-0.2, -0.15) is 0 Å². The molecular formula is C16H26N4OS2. The summed E-state index contributed by atoms with van der Waals surface area (Å²) < 4.78 is 0. The molecule has 0 bridgehead atoms. The van der Waals surface area contributed by atoms with Crippen molar-refractivity contribution in [2.24, 2.45) is 0 Å². The Morgan fingerprint density at radius 3 is 2.43 bits per heavy atom. The molecule has 0 aliphatic heterocycles. The summed E-state index contributed by atoms with van der Waals surface area (Å²) in [4.78, 5) is 12.8. The van der Waals surface area contributed by atoms with Crippen LogP contribution in [0.3, 0.4) is 0 Å². The second-order valence-electron chi connectivity index (χ2n) is 3.72. The number of aromatic nitrogens is 3. The highest BCUT2D eigenvalue weighted by molar-refractivity contribution is 7.99. The van der Waals surface area contributed by atoms with Crippen molar-refractivity contribution in [1.82, 2.24) is 15.0 Å². The van der Waals surface area contributed by atoms with Gasteiger partial charge in [0.2, 0.25) is 0 Å². The van der Waals surface area contributed by atoms with Crippen molar-refractivity contribution < 1.29 is 5.11 Å². The quantitative estimate of drug-likeness (QED) is 0.476. The number of anilines is 1. The van der Waals surface area contributed by atoms with Crippen LogP contribution in [0.1, 0.15) is 39.0 Å². The number of nitrogen functional groups attached to an aromatic ring is 1. The highest BCUT2D eigenvalue weighted by atomic mass is 32.2. The van der Waals surface area contributed by atoms with Crippen molar-refractivity contribution in [2.75, 3.05) is 12.0 Å². The fourth-order valence-corrected chi connectivity index (χ4v) is 2.68. The van der Waals surface area contributed by atoms with Crippen LogP contribution in [0.25, 0.3) is 0 Å². The fourth-order valence-electron chi connectivity index (χ4n) is 1.43. The number of thioether (sulfide) groups is 2. The van der Waals surface area contributed by atoms with Crippen LogP contribution >= 0.6 is 23.5 Å². The van der Waals surface area contributed by atoms with E-state index < -0.39 is 0 Å². The number of aliphatic hydroxyl groups excluding tert-OH is 1. The lowest BCUT2D eigenvalue weighted by Crippen LogP contribution is -1.97. The van der Waals surface area contributed by atoms with Crippen LogP contribution in [0.5, 0.6) is 0 Å². The normalized spacial score (nSPS) is 9.30. The summed E-state index contributed by atoms with van der Waals surface area (Å²) >= 11 is 3.01. The van der Waals surface area contributed by atoms with Crippen LogP contribution in [0, 0.1) is 0 Å². The second-order valence-corrected chi connectivity index (χ2v) is 5.49. The number of pyridine rings is 1. The molecule has 0 saturated heterocycles. The Morgan fingerprint density at radius 1 is 1.13 bits per heavy atom. The van der Waals surface area contributed by atoms with Gasteiger partial charge in [-0.05, 0) is 24.0 Å². The molecule has 0 unspecified atom stereocenters. The van der Waals surface area contributed by atoms with Crippen LogP contribution < -0.4 is 5.73 Å². The van der Waals surface area contributed by atoms with E-state index in [0.29, 0.717) is 16.7 Å². The maximum atomic E-state index is 9.07. The minimum absolute atomic E-state index is 0.0194. The van der Waals surface area contributed by atoms with E-state index >= 15 is 0 Å². The summed E-state index contributed by atoms with van der Waals surface area (Å²) in [6.07, 6.45) is 3.64. The maximum Gasteiger partial charge on any atom is 0.190 e. The van der Waals surface area contributed by atoms with Gasteiger partial charge in [-0.1, -0.05) is 39.5 Å². The lowest BCUT2D eigenvalue weighted by atomic mass is 10.2. The van der Waals surface area contributed by atoms with Crippen LogP contribution in [0.2, 0.25) is 0 Å². The summed E-state index contributed by atoms with van der Waals surface area (Å²) in [7, 11) is 0. The van der Waals surface area contributed by atoms with Crippen molar-refractivity contribution >= 4 is 29.3 Å². The molecule has 2 heterocycles. The lowest BCUT2D eigenvalue weighted by Gasteiger charge is -2.04. The highest BCUT2D eigenvalue weighted by Gasteiger charge is 2.04. The highest BCUT2D eigenvalue weighted by Crippen LogP contribution is 2.22. The average molecular weight is 355 g/mol. The smallest absolute Gasteiger partial charge is 0.190 e. The standard InChI is InChI=1S/C12H14N4OS2.2C2H6/c1-18-11-5-10(13)15-12(16-11)19-7-9-4-8(6-17)2-3-14-9;2*1-2/h2-5,17H,6-7H2,1H3,(H2,13,15,16);2*1-2H3. The summed E-state index contributed by atoms with van der Waals surface area (Å²) in [6, 6.07) is 5.41. The molecule has 0 atom stereocenters. The van der Waals surface area contributed by atoms with E-state index in [1.165, 1.54) is 23.5 Å². The molecule has 128 valence electrons. The molecule has 2 aromatic heterocycles. The van der Waals surface area contributed by atoms with Crippen LogP contribution in [-0.4, -0.2) is 26.3 Å². The van der Waals surface area contributed by atoms with Crippen molar-refractivity contribution in [3.63, 3.8) is 0 Å². The molecule has 7 heteroatoms. The molecular weight excluding hydrogens is 328 g/mol. The summed E-state index contributed by atoms with van der Waals surface area (Å²) in [6.45, 7) is 8.02. The fraction of sp³-hybridized carbons (Fsp3) is 0.438. The molecule has 2 rings (SSSR count). The molecule has 0 aliphatic rings. The molecule has 0 aromatic carbocycles. The average Bonchev–Trinajstić information content (AvgIpc) is 2.63. The van der Waals surface area contributed by atoms with E-state index in [1.54, 1.807) is 18.3 Å². The molecule has 0 amide bonds. The monoisotopic (exact) mass is 354 g/mol. The van der Waals surface area contributed by atoms with E-state index in [1.807, 2.05) is 40.0 Å². The zero-order valence-electron chi connectivity index (χ0n) is 14.4. The maximum absolute atomic E-state index is 9.07. The van der Waals surface area contributed by atoms with Gasteiger partial charge in [-0.15, -0.1) is 11.8 Å². The largest absolute Gasteiger partial charge is 0.392 e. The predicted octanol–water partition coefficient (Wildman–Crippen LogP) is 4.01. The van der Waals surface area contributed by atoms with Crippen LogP contribution in [0.4, 0.5) is 5.82 Å². The molecule has 2 aromatic rings. The van der Waals surface area contributed by atoms with Gasteiger partial charge in [-0.25, -0.2) is 9.97 Å². The summed E-state index contributed by atoms with van der Waals surface area (Å²) in [5, 5.41) is 10.6. The molecule has 23 heavy (non-hydrogen) atoms. The predicted molar refractivity (Wildman–Crippen MR) is 101 cm³/mol. The van der Waals surface area contributed by atoms with Crippen LogP contribution in [-0.2, 0) is 12.4 Å². The lowest BCUT2D eigenvalue weighted by molar-refractivity contribution is 0.281. The zero-order valence-corrected chi connectivity index (χ0v) is 16.0. The molecule has 0 saturated carbocycles. The van der Waals surface area contributed by atoms with E-state index in [-0.39, 0.29) is 6.61 Å². The topological polar surface area (TPSA) is 84.9 Å². The first-order valence-electron chi connectivity index (χ1n) is 7.57. The number of nitrogens with zero attached hydrogens (tertiary/aromatic N) is 3. The number of hydrogen-bond donors (Lipinski definition) is 2. The molecule has 0 radical (unpaired) electrons. The van der Waals surface area contributed by atoms with Crippen molar-refractivity contribution in [1.29, 1.82) is 0 Å². The molecule has 0 spiro atoms. The number of nitrogens with two attached hydrogens (primary N) is 1. The van der Waals surface area contributed by atoms with Gasteiger partial charge in [0.15, 0.2) is 5.16 Å². The third-order valence-electron chi connectivity index (χ3n) is 2.32. The van der Waals surface area contributed by atoms with E-state index in [4.69, 9.17) is 10.8 Å². The van der Waals surface area contributed by atoms with Gasteiger partial charge >= 0.3 is 0 Å². The Balaban J connectivity index is 0.00000112. The molecule has 5 nitrogen and oxygen atoms in total. The Labute approximate surface area is 147 Å². The minimum atomic E-state index is 0.0194. The third-order valence-corrected chi connectivity index (χ3v) is 3.83. The van der Waals surface area contributed by atoms with Crippen molar-refractivity contribution in [3.05, 3.63) is 35.7 Å². The molecule has 3 N–H and O–H groups in total. The summed E-state index contributed by atoms with van der Waals surface area (Å²) in [5.41, 5.74) is 7.46. The number of hydrogen-bond acceptors (Lipinski definition) is 7. The van der Waals surface area contributed by atoms with E-state index in [0.717, 1.165) is 16.3 Å². The minimum Gasteiger partial charge on any atom is -0.392 e. The Hall–Kier alpha value is -1.31. The first-order valence-corrected chi connectivity index (χ1v) is 9.78. The molecule has 0 aliphatic carbocycles. The number of aliphatic hydroxyl groups is 1. The third kappa shape index (κ3) is 8.20. The van der Waals surface area contributed by atoms with Crippen molar-refractivity contribution in [2.45, 2.75) is 50.2 Å². The van der Waals surface area contributed by atoms with Gasteiger partial charge < -0.3 is 10.8 Å². The second kappa shape index (κ2) is 13.2. The first-order chi connectivity index (χ1) is 11.2. The SMILES string of the molecule is CC.CC.CSc1cc(N)nc(SCc2cc(CO)ccn2)n1. The Kier molecular flexibility index (Phi) is 12.4. The van der Waals surface area contributed by atoms with E-state index in [2.05, 4.69) is 15.0 Å². The van der Waals surface area contributed by atoms with E-state index in [9.17, 15) is 0 Å². The summed E-state index contributed by atoms with van der Waals surface area (Å²) in [5.74, 6) is 1.12. The van der Waals surface area contributed by atoms with Gasteiger partial charge in [-0.3, -0.25) is 4.98 Å². The van der Waals surface area contributed by atoms with Gasteiger partial charge in [0.1, 0.15) is 10.8 Å². The first kappa shape index (κ1) is 21.7. The Morgan fingerprint density at radius 2 is 1.83 bits per heavy atom.